The summed E-state index contributed by atoms with van der Waals surface area (Å²) < 4.78 is 32.9. The summed E-state index contributed by atoms with van der Waals surface area (Å²) in [6.07, 6.45) is 3.41. The minimum atomic E-state index is -4.12. The molecule has 2 heterocycles. The summed E-state index contributed by atoms with van der Waals surface area (Å²) in [4.78, 5) is 25.8. The van der Waals surface area contributed by atoms with E-state index in [0.717, 1.165) is 46.6 Å². The highest BCUT2D eigenvalue weighted by Gasteiger charge is 2.30. The van der Waals surface area contributed by atoms with Crippen LogP contribution in [0.3, 0.4) is 0 Å². The number of ether oxygens (including phenoxy) is 1. The molecule has 4 rings (SSSR count). The fourth-order valence-electron chi connectivity index (χ4n) is 3.48. The number of anilines is 2. The SMILES string of the molecule is COC(=O)c1c(NS(=O)(=O)c2nnc(NC(=O)c3ccccc3C)s2)sc2c1CCCC2. The summed E-state index contributed by atoms with van der Waals surface area (Å²) in [5.41, 5.74) is 2.33. The van der Waals surface area contributed by atoms with Crippen LogP contribution in [0.25, 0.3) is 0 Å². The molecule has 12 heteroatoms. The third-order valence-electron chi connectivity index (χ3n) is 5.03. The molecule has 0 saturated carbocycles. The van der Waals surface area contributed by atoms with Gasteiger partial charge < -0.3 is 4.74 Å². The third-order valence-corrected chi connectivity index (χ3v) is 8.93. The first-order chi connectivity index (χ1) is 15.3. The molecule has 0 atom stereocenters. The molecule has 0 aliphatic heterocycles. The van der Waals surface area contributed by atoms with Crippen molar-refractivity contribution < 1.29 is 22.7 Å². The van der Waals surface area contributed by atoms with Gasteiger partial charge in [-0.1, -0.05) is 29.5 Å². The summed E-state index contributed by atoms with van der Waals surface area (Å²) in [5, 5.41) is 10.4. The van der Waals surface area contributed by atoms with Crippen LogP contribution in [-0.2, 0) is 27.6 Å². The van der Waals surface area contributed by atoms with E-state index in [2.05, 4.69) is 20.2 Å². The van der Waals surface area contributed by atoms with Gasteiger partial charge in [-0.3, -0.25) is 14.8 Å². The normalized spacial score (nSPS) is 13.3. The minimum absolute atomic E-state index is 0.0530. The molecule has 0 unspecified atom stereocenters. The Balaban J connectivity index is 1.57. The summed E-state index contributed by atoms with van der Waals surface area (Å²) in [5.74, 6) is -0.986. The van der Waals surface area contributed by atoms with E-state index in [-0.39, 0.29) is 20.0 Å². The Morgan fingerprint density at radius 3 is 2.59 bits per heavy atom. The zero-order valence-corrected chi connectivity index (χ0v) is 19.7. The molecule has 0 fully saturated rings. The lowest BCUT2D eigenvalue weighted by Gasteiger charge is -2.11. The zero-order valence-electron chi connectivity index (χ0n) is 17.3. The quantitative estimate of drug-likeness (QED) is 0.397. The molecule has 0 bridgehead atoms. The first-order valence-corrected chi connectivity index (χ1v) is 12.9. The number of nitrogens with one attached hydrogen (secondary N) is 2. The number of rotatable bonds is 6. The topological polar surface area (TPSA) is 127 Å². The van der Waals surface area contributed by atoms with Gasteiger partial charge >= 0.3 is 5.97 Å². The Morgan fingerprint density at radius 1 is 1.09 bits per heavy atom. The predicted molar refractivity (Wildman–Crippen MR) is 122 cm³/mol. The second-order valence-corrected chi connectivity index (χ2v) is 11.1. The maximum Gasteiger partial charge on any atom is 0.341 e. The molecule has 32 heavy (non-hydrogen) atoms. The molecule has 1 aliphatic carbocycles. The number of sulfonamides is 1. The Labute approximate surface area is 192 Å². The van der Waals surface area contributed by atoms with E-state index in [1.807, 2.05) is 6.07 Å². The van der Waals surface area contributed by atoms with Crippen molar-refractivity contribution in [1.82, 2.24) is 10.2 Å². The number of aromatic nitrogens is 2. The highest BCUT2D eigenvalue weighted by atomic mass is 32.2. The van der Waals surface area contributed by atoms with Crippen molar-refractivity contribution in [3.63, 3.8) is 0 Å². The van der Waals surface area contributed by atoms with Crippen LogP contribution in [0.15, 0.2) is 28.6 Å². The van der Waals surface area contributed by atoms with Crippen LogP contribution in [0.5, 0.6) is 0 Å². The first kappa shape index (κ1) is 22.4. The van der Waals surface area contributed by atoms with Gasteiger partial charge in [-0.05, 0) is 49.8 Å². The number of hydrogen-bond acceptors (Lipinski definition) is 9. The largest absolute Gasteiger partial charge is 0.465 e. The van der Waals surface area contributed by atoms with Crippen LogP contribution in [0.2, 0.25) is 0 Å². The number of nitrogens with zero attached hydrogens (tertiary/aromatic N) is 2. The smallest absolute Gasteiger partial charge is 0.341 e. The number of aryl methyl sites for hydroxylation is 2. The lowest BCUT2D eigenvalue weighted by Crippen LogP contribution is -2.15. The van der Waals surface area contributed by atoms with Crippen molar-refractivity contribution >= 4 is 54.7 Å². The number of thiophene rings is 1. The average Bonchev–Trinajstić information content (AvgIpc) is 3.38. The van der Waals surface area contributed by atoms with E-state index in [0.29, 0.717) is 12.0 Å². The van der Waals surface area contributed by atoms with E-state index in [4.69, 9.17) is 4.74 Å². The van der Waals surface area contributed by atoms with Crippen molar-refractivity contribution in [2.24, 2.45) is 0 Å². The molecule has 0 saturated heterocycles. The van der Waals surface area contributed by atoms with Crippen LogP contribution in [-0.4, -0.2) is 37.6 Å². The Kier molecular flexibility index (Phi) is 6.26. The number of methoxy groups -OCH3 is 1. The monoisotopic (exact) mass is 492 g/mol. The average molecular weight is 493 g/mol. The van der Waals surface area contributed by atoms with Gasteiger partial charge in [0.15, 0.2) is 0 Å². The fraction of sp³-hybridized carbons (Fsp3) is 0.300. The van der Waals surface area contributed by atoms with Gasteiger partial charge in [0.25, 0.3) is 20.3 Å². The lowest BCUT2D eigenvalue weighted by atomic mass is 9.95. The van der Waals surface area contributed by atoms with Crippen LogP contribution >= 0.6 is 22.7 Å². The van der Waals surface area contributed by atoms with Crippen molar-refractivity contribution in [1.29, 1.82) is 0 Å². The van der Waals surface area contributed by atoms with Crippen molar-refractivity contribution in [2.45, 2.75) is 36.9 Å². The number of benzene rings is 1. The molecule has 0 spiro atoms. The summed E-state index contributed by atoms with van der Waals surface area (Å²) in [6, 6.07) is 7.02. The maximum atomic E-state index is 12.9. The molecule has 1 aromatic carbocycles. The molecule has 2 N–H and O–H groups in total. The Morgan fingerprint density at radius 2 is 1.84 bits per heavy atom. The van der Waals surface area contributed by atoms with Gasteiger partial charge in [-0.15, -0.1) is 21.5 Å². The zero-order chi connectivity index (χ0) is 22.9. The summed E-state index contributed by atoms with van der Waals surface area (Å²) >= 11 is 1.97. The molecular weight excluding hydrogens is 472 g/mol. The van der Waals surface area contributed by atoms with Gasteiger partial charge in [-0.2, -0.15) is 8.42 Å². The van der Waals surface area contributed by atoms with Crippen LogP contribution < -0.4 is 10.0 Å². The number of fused-ring (bicyclic) bond motifs is 1. The number of carbonyl (C=O) groups excluding carboxylic acids is 2. The fourth-order valence-corrected chi connectivity index (χ4v) is 6.96. The Bertz CT molecular complexity index is 1300. The van der Waals surface area contributed by atoms with E-state index in [1.54, 1.807) is 25.1 Å². The van der Waals surface area contributed by atoms with E-state index < -0.39 is 21.9 Å². The van der Waals surface area contributed by atoms with Crippen molar-refractivity contribution in [3.8, 4) is 0 Å². The van der Waals surface area contributed by atoms with Crippen molar-refractivity contribution in [3.05, 3.63) is 51.4 Å². The highest BCUT2D eigenvalue weighted by Crippen LogP contribution is 2.39. The van der Waals surface area contributed by atoms with Gasteiger partial charge in [0.1, 0.15) is 5.00 Å². The van der Waals surface area contributed by atoms with Gasteiger partial charge in [-0.25, -0.2) is 4.79 Å². The molecule has 1 aliphatic rings. The molecule has 1 amide bonds. The van der Waals surface area contributed by atoms with E-state index >= 15 is 0 Å². The number of esters is 1. The van der Waals surface area contributed by atoms with Gasteiger partial charge in [0.2, 0.25) is 5.13 Å². The first-order valence-electron chi connectivity index (χ1n) is 9.76. The summed E-state index contributed by atoms with van der Waals surface area (Å²) in [6.45, 7) is 1.80. The molecule has 9 nitrogen and oxygen atoms in total. The highest BCUT2D eigenvalue weighted by molar-refractivity contribution is 7.94. The van der Waals surface area contributed by atoms with Crippen LogP contribution in [0.4, 0.5) is 10.1 Å². The maximum absolute atomic E-state index is 12.9. The number of amides is 1. The standard InChI is InChI=1S/C20H20N4O5S3/c1-11-7-3-4-8-12(11)16(25)21-19-22-23-20(31-19)32(27,28)24-17-15(18(26)29-2)13-9-5-6-10-14(13)30-17/h3-4,7-8,24H,5-6,9-10H2,1-2H3,(H,21,22,25). The molecule has 0 radical (unpaired) electrons. The van der Waals surface area contributed by atoms with Crippen LogP contribution in [0.1, 0.15) is 49.6 Å². The molecular formula is C20H20N4O5S3. The second-order valence-electron chi connectivity index (χ2n) is 7.15. The minimum Gasteiger partial charge on any atom is -0.465 e. The number of hydrogen-bond donors (Lipinski definition) is 2. The van der Waals surface area contributed by atoms with Gasteiger partial charge in [0.05, 0.1) is 12.7 Å². The molecule has 3 aromatic rings. The van der Waals surface area contributed by atoms with E-state index in [1.165, 1.54) is 18.4 Å². The van der Waals surface area contributed by atoms with Crippen molar-refractivity contribution in [2.75, 3.05) is 17.1 Å². The predicted octanol–water partition coefficient (Wildman–Crippen LogP) is 3.63. The molecule has 2 aromatic heterocycles. The Hall–Kier alpha value is -2.83. The van der Waals surface area contributed by atoms with E-state index in [9.17, 15) is 18.0 Å². The summed E-state index contributed by atoms with van der Waals surface area (Å²) in [7, 11) is -2.85. The van der Waals surface area contributed by atoms with Crippen LogP contribution in [0, 0.1) is 6.92 Å². The lowest BCUT2D eigenvalue weighted by molar-refractivity contribution is 0.0601. The molecule has 168 valence electrons. The second kappa shape index (κ2) is 8.96. The third kappa shape index (κ3) is 4.38. The van der Waals surface area contributed by atoms with Gasteiger partial charge in [0, 0.05) is 10.4 Å². The number of carbonyl (C=O) groups is 2.